The molecule has 0 spiro atoms. The van der Waals surface area contributed by atoms with E-state index in [4.69, 9.17) is 9.88 Å². The first-order chi connectivity index (χ1) is 12.4. The zero-order valence-electron chi connectivity index (χ0n) is 16.0. The summed E-state index contributed by atoms with van der Waals surface area (Å²) in [5, 5.41) is 5.21. The van der Waals surface area contributed by atoms with E-state index in [0.29, 0.717) is 16.7 Å². The number of primary sulfonamides is 1. The fourth-order valence-corrected chi connectivity index (χ4v) is 3.53. The quantitative estimate of drug-likeness (QED) is 0.625. The van der Waals surface area contributed by atoms with Crippen molar-refractivity contribution in [1.29, 1.82) is 0 Å². The lowest BCUT2D eigenvalue weighted by Gasteiger charge is -2.15. The van der Waals surface area contributed by atoms with Crippen molar-refractivity contribution < 1.29 is 22.7 Å². The standard InChI is InChI=1S/C20H23NO5S/c1-11-6-7-16(8-12(11)2)19(22)15(5)26-20(23)17-9-13(3)14(4)18(10-17)27(21,24)25/h6-10,15H,1-5H3,(H2,21,24,25). The van der Waals surface area contributed by atoms with Gasteiger partial charge in [-0.25, -0.2) is 18.4 Å². The molecule has 0 bridgehead atoms. The molecule has 0 amide bonds. The van der Waals surface area contributed by atoms with E-state index in [0.717, 1.165) is 11.1 Å². The Morgan fingerprint density at radius 3 is 2.07 bits per heavy atom. The van der Waals surface area contributed by atoms with Gasteiger partial charge in [-0.3, -0.25) is 4.79 Å². The third-order valence-electron chi connectivity index (χ3n) is 4.61. The second-order valence-electron chi connectivity index (χ2n) is 6.67. The summed E-state index contributed by atoms with van der Waals surface area (Å²) in [5.41, 5.74) is 3.55. The van der Waals surface area contributed by atoms with Crippen molar-refractivity contribution in [2.75, 3.05) is 0 Å². The van der Waals surface area contributed by atoms with Crippen LogP contribution in [0.4, 0.5) is 0 Å². The van der Waals surface area contributed by atoms with Crippen molar-refractivity contribution in [3.05, 3.63) is 63.7 Å². The number of benzene rings is 2. The van der Waals surface area contributed by atoms with Gasteiger partial charge in [-0.1, -0.05) is 12.1 Å². The van der Waals surface area contributed by atoms with Gasteiger partial charge in [0.1, 0.15) is 0 Å². The fourth-order valence-electron chi connectivity index (χ4n) is 2.65. The van der Waals surface area contributed by atoms with Gasteiger partial charge in [0.2, 0.25) is 15.8 Å². The van der Waals surface area contributed by atoms with Crippen molar-refractivity contribution in [3.63, 3.8) is 0 Å². The maximum atomic E-state index is 12.5. The van der Waals surface area contributed by atoms with Crippen LogP contribution in [0.25, 0.3) is 0 Å². The number of sulfonamides is 1. The number of esters is 1. The largest absolute Gasteiger partial charge is 0.451 e. The Morgan fingerprint density at radius 2 is 1.52 bits per heavy atom. The van der Waals surface area contributed by atoms with Crippen LogP contribution >= 0.6 is 0 Å². The summed E-state index contributed by atoms with van der Waals surface area (Å²) >= 11 is 0. The van der Waals surface area contributed by atoms with Crippen molar-refractivity contribution in [2.24, 2.45) is 5.14 Å². The number of nitrogens with two attached hydrogens (primary N) is 1. The summed E-state index contributed by atoms with van der Waals surface area (Å²) < 4.78 is 28.7. The van der Waals surface area contributed by atoms with Crippen LogP contribution in [-0.2, 0) is 14.8 Å². The molecule has 1 atom stereocenters. The number of rotatable bonds is 5. The first kappa shape index (κ1) is 20.8. The van der Waals surface area contributed by atoms with Crippen LogP contribution in [0, 0.1) is 27.7 Å². The Morgan fingerprint density at radius 1 is 0.926 bits per heavy atom. The van der Waals surface area contributed by atoms with Gasteiger partial charge in [-0.05, 0) is 75.1 Å². The summed E-state index contributed by atoms with van der Waals surface area (Å²) in [5.74, 6) is -1.12. The smallest absolute Gasteiger partial charge is 0.338 e. The molecule has 0 aliphatic rings. The lowest BCUT2D eigenvalue weighted by Crippen LogP contribution is -2.25. The third kappa shape index (κ3) is 4.61. The highest BCUT2D eigenvalue weighted by atomic mass is 32.2. The number of Topliss-reactive ketones (excluding diaryl/α,β-unsaturated/α-hetero) is 1. The minimum Gasteiger partial charge on any atom is -0.451 e. The van der Waals surface area contributed by atoms with Gasteiger partial charge in [0, 0.05) is 5.56 Å². The molecule has 144 valence electrons. The molecule has 0 heterocycles. The van der Waals surface area contributed by atoms with E-state index in [1.54, 1.807) is 26.0 Å². The highest BCUT2D eigenvalue weighted by molar-refractivity contribution is 7.89. The number of hydrogen-bond donors (Lipinski definition) is 1. The molecule has 0 saturated carbocycles. The first-order valence-corrected chi connectivity index (χ1v) is 9.93. The minimum atomic E-state index is -3.98. The summed E-state index contributed by atoms with van der Waals surface area (Å²) in [7, 11) is -3.98. The summed E-state index contributed by atoms with van der Waals surface area (Å²) in [6, 6.07) is 7.95. The molecule has 7 heteroatoms. The first-order valence-electron chi connectivity index (χ1n) is 8.38. The van der Waals surface area contributed by atoms with Gasteiger partial charge < -0.3 is 4.74 Å². The Labute approximate surface area is 159 Å². The lowest BCUT2D eigenvalue weighted by atomic mass is 10.0. The molecule has 2 rings (SSSR count). The molecule has 0 fully saturated rings. The molecule has 2 N–H and O–H groups in total. The highest BCUT2D eigenvalue weighted by Crippen LogP contribution is 2.21. The minimum absolute atomic E-state index is 0.0295. The van der Waals surface area contributed by atoms with Crippen molar-refractivity contribution in [3.8, 4) is 0 Å². The van der Waals surface area contributed by atoms with Crippen molar-refractivity contribution in [1.82, 2.24) is 0 Å². The number of ketones is 1. The van der Waals surface area contributed by atoms with Crippen LogP contribution in [-0.4, -0.2) is 26.3 Å². The van der Waals surface area contributed by atoms with E-state index in [9.17, 15) is 18.0 Å². The number of hydrogen-bond acceptors (Lipinski definition) is 5. The molecule has 0 saturated heterocycles. The lowest BCUT2D eigenvalue weighted by molar-refractivity contribution is 0.0318. The SMILES string of the molecule is Cc1ccc(C(=O)C(C)OC(=O)c2cc(C)c(C)c(S(N)(=O)=O)c2)cc1C. The maximum Gasteiger partial charge on any atom is 0.338 e. The molecular formula is C20H23NO5S. The number of ether oxygens (including phenoxy) is 1. The Bertz CT molecular complexity index is 1020. The Kier molecular flexibility index (Phi) is 5.87. The average Bonchev–Trinajstić information content (AvgIpc) is 2.57. The van der Waals surface area contributed by atoms with E-state index in [1.165, 1.54) is 19.1 Å². The van der Waals surface area contributed by atoms with E-state index < -0.39 is 22.1 Å². The van der Waals surface area contributed by atoms with Crippen LogP contribution in [0.5, 0.6) is 0 Å². The highest BCUT2D eigenvalue weighted by Gasteiger charge is 2.23. The van der Waals surface area contributed by atoms with Crippen LogP contribution in [0.1, 0.15) is 49.9 Å². The number of aryl methyl sites for hydroxylation is 3. The van der Waals surface area contributed by atoms with Crippen molar-refractivity contribution in [2.45, 2.75) is 45.6 Å². The maximum absolute atomic E-state index is 12.5. The topological polar surface area (TPSA) is 104 Å². The van der Waals surface area contributed by atoms with Gasteiger partial charge >= 0.3 is 5.97 Å². The normalized spacial score (nSPS) is 12.5. The van der Waals surface area contributed by atoms with E-state index in [-0.39, 0.29) is 16.2 Å². The molecule has 2 aromatic carbocycles. The fraction of sp³-hybridized carbons (Fsp3) is 0.300. The molecule has 2 aromatic rings. The van der Waals surface area contributed by atoms with Crippen LogP contribution in [0.15, 0.2) is 35.2 Å². The zero-order chi connectivity index (χ0) is 20.5. The predicted molar refractivity (Wildman–Crippen MR) is 102 cm³/mol. The van der Waals surface area contributed by atoms with Crippen molar-refractivity contribution >= 4 is 21.8 Å². The molecular weight excluding hydrogens is 366 g/mol. The predicted octanol–water partition coefficient (Wildman–Crippen LogP) is 3.00. The Balaban J connectivity index is 2.27. The Hall–Kier alpha value is -2.51. The van der Waals surface area contributed by atoms with Gasteiger partial charge in [-0.2, -0.15) is 0 Å². The van der Waals surface area contributed by atoms with Gasteiger partial charge in [0.05, 0.1) is 10.5 Å². The van der Waals surface area contributed by atoms with Gasteiger partial charge in [0.25, 0.3) is 0 Å². The number of carbonyl (C=O) groups excluding carboxylic acids is 2. The van der Waals surface area contributed by atoms with E-state index in [1.807, 2.05) is 19.9 Å². The molecule has 1 unspecified atom stereocenters. The number of carbonyl (C=O) groups is 2. The van der Waals surface area contributed by atoms with E-state index in [2.05, 4.69) is 0 Å². The average molecular weight is 389 g/mol. The van der Waals surface area contributed by atoms with Gasteiger partial charge in [0.15, 0.2) is 6.10 Å². The molecule has 27 heavy (non-hydrogen) atoms. The van der Waals surface area contributed by atoms with Crippen LogP contribution in [0.3, 0.4) is 0 Å². The second kappa shape index (κ2) is 7.62. The third-order valence-corrected chi connectivity index (χ3v) is 5.64. The summed E-state index contributed by atoms with van der Waals surface area (Å²) in [6.07, 6.45) is -1.01. The van der Waals surface area contributed by atoms with Crippen LogP contribution < -0.4 is 5.14 Å². The van der Waals surface area contributed by atoms with Gasteiger partial charge in [-0.15, -0.1) is 0 Å². The van der Waals surface area contributed by atoms with E-state index >= 15 is 0 Å². The summed E-state index contributed by atoms with van der Waals surface area (Å²) in [4.78, 5) is 24.8. The molecule has 0 aliphatic heterocycles. The molecule has 0 aromatic heterocycles. The monoisotopic (exact) mass is 389 g/mol. The second-order valence-corrected chi connectivity index (χ2v) is 8.20. The molecule has 6 nitrogen and oxygen atoms in total. The molecule has 0 radical (unpaired) electrons. The van der Waals surface area contributed by atoms with Crippen LogP contribution in [0.2, 0.25) is 0 Å². The molecule has 0 aliphatic carbocycles. The summed E-state index contributed by atoms with van der Waals surface area (Å²) in [6.45, 7) is 8.60. The zero-order valence-corrected chi connectivity index (χ0v) is 16.8.